The van der Waals surface area contributed by atoms with Crippen molar-refractivity contribution < 1.29 is 27.1 Å². The molecule has 0 aliphatic carbocycles. The van der Waals surface area contributed by atoms with Crippen LogP contribution in [0.15, 0.2) is 53.3 Å². The van der Waals surface area contributed by atoms with Gasteiger partial charge in [0.2, 0.25) is 5.91 Å². The number of rotatable bonds is 3. The number of thiazole rings is 1. The molecule has 4 rings (SSSR count). The molecule has 1 aliphatic rings. The van der Waals surface area contributed by atoms with Crippen LogP contribution in [0, 0.1) is 5.82 Å². The standard InChI is InChI=1S/C20H14F4N2O3S/c1-25-18-17(30-19(25)28)14(13-4-2-3-5-15(13)21)10-16(27)26(18)11-6-8-12(9-7-11)29-20(22,23)24/h2-9,14H,10H2,1H3. The van der Waals surface area contributed by atoms with Gasteiger partial charge in [-0.1, -0.05) is 29.5 Å². The molecule has 0 N–H and O–H groups in total. The number of hydrogen-bond donors (Lipinski definition) is 0. The maximum Gasteiger partial charge on any atom is 0.573 e. The van der Waals surface area contributed by atoms with Gasteiger partial charge in [-0.15, -0.1) is 13.2 Å². The van der Waals surface area contributed by atoms with E-state index in [-0.39, 0.29) is 22.8 Å². The number of nitrogens with zero attached hydrogens (tertiary/aromatic N) is 2. The van der Waals surface area contributed by atoms with Crippen molar-refractivity contribution in [3.05, 3.63) is 74.5 Å². The zero-order chi connectivity index (χ0) is 21.6. The fourth-order valence-corrected chi connectivity index (χ4v) is 4.58. The number of ether oxygens (including phenoxy) is 1. The Bertz CT molecular complexity index is 1170. The molecule has 2 aromatic carbocycles. The molecule has 0 bridgehead atoms. The number of fused-ring (bicyclic) bond motifs is 1. The number of carbonyl (C=O) groups excluding carboxylic acids is 1. The lowest BCUT2D eigenvalue weighted by Gasteiger charge is -2.32. The third-order valence-electron chi connectivity index (χ3n) is 4.77. The monoisotopic (exact) mass is 438 g/mol. The van der Waals surface area contributed by atoms with Crippen molar-refractivity contribution in [3.63, 3.8) is 0 Å². The van der Waals surface area contributed by atoms with Gasteiger partial charge in [0.25, 0.3) is 0 Å². The Balaban J connectivity index is 1.79. The van der Waals surface area contributed by atoms with Gasteiger partial charge in [0.1, 0.15) is 17.4 Å². The first-order valence-corrected chi connectivity index (χ1v) is 9.60. The summed E-state index contributed by atoms with van der Waals surface area (Å²) in [5, 5.41) is 0. The van der Waals surface area contributed by atoms with Gasteiger partial charge >= 0.3 is 11.2 Å². The van der Waals surface area contributed by atoms with Crippen molar-refractivity contribution in [1.29, 1.82) is 0 Å². The van der Waals surface area contributed by atoms with E-state index >= 15 is 0 Å². The van der Waals surface area contributed by atoms with Gasteiger partial charge in [0.05, 0.1) is 10.6 Å². The molecule has 0 spiro atoms. The topological polar surface area (TPSA) is 51.5 Å². The highest BCUT2D eigenvalue weighted by atomic mass is 32.1. The van der Waals surface area contributed by atoms with E-state index < -0.39 is 29.8 Å². The number of carbonyl (C=O) groups is 1. The molecule has 1 atom stereocenters. The van der Waals surface area contributed by atoms with Gasteiger partial charge in [-0.3, -0.25) is 19.1 Å². The van der Waals surface area contributed by atoms with Crippen molar-refractivity contribution in [2.24, 2.45) is 7.05 Å². The molecule has 1 unspecified atom stereocenters. The molecule has 5 nitrogen and oxygen atoms in total. The third kappa shape index (κ3) is 3.58. The van der Waals surface area contributed by atoms with Crippen LogP contribution in [0.25, 0.3) is 0 Å². The Labute approximate surface area is 171 Å². The molecule has 1 aliphatic heterocycles. The average molecular weight is 438 g/mol. The summed E-state index contributed by atoms with van der Waals surface area (Å²) in [6.45, 7) is 0. The van der Waals surface area contributed by atoms with Crippen molar-refractivity contribution in [1.82, 2.24) is 4.57 Å². The highest BCUT2D eigenvalue weighted by Gasteiger charge is 2.38. The molecule has 10 heteroatoms. The summed E-state index contributed by atoms with van der Waals surface area (Å²) in [5.74, 6) is -1.67. The van der Waals surface area contributed by atoms with Crippen LogP contribution < -0.4 is 14.5 Å². The van der Waals surface area contributed by atoms with Gasteiger partial charge in [0, 0.05) is 19.4 Å². The lowest BCUT2D eigenvalue weighted by Crippen LogP contribution is -2.34. The van der Waals surface area contributed by atoms with Gasteiger partial charge < -0.3 is 4.74 Å². The number of halogens is 4. The molecule has 1 amide bonds. The number of hydrogen-bond acceptors (Lipinski definition) is 4. The maximum atomic E-state index is 14.4. The van der Waals surface area contributed by atoms with Crippen LogP contribution >= 0.6 is 11.3 Å². The average Bonchev–Trinajstić information content (AvgIpc) is 2.96. The summed E-state index contributed by atoms with van der Waals surface area (Å²) in [7, 11) is 1.49. The summed E-state index contributed by atoms with van der Waals surface area (Å²) in [4.78, 5) is 26.8. The minimum atomic E-state index is -4.83. The minimum Gasteiger partial charge on any atom is -0.406 e. The molecule has 3 aromatic rings. The zero-order valence-electron chi connectivity index (χ0n) is 15.4. The number of anilines is 2. The molecule has 0 saturated carbocycles. The van der Waals surface area contributed by atoms with E-state index in [4.69, 9.17) is 0 Å². The summed E-state index contributed by atoms with van der Waals surface area (Å²) in [5.41, 5.74) is 0.582. The van der Waals surface area contributed by atoms with E-state index in [0.29, 0.717) is 10.4 Å². The van der Waals surface area contributed by atoms with E-state index in [2.05, 4.69) is 4.74 Å². The van der Waals surface area contributed by atoms with Crippen LogP contribution in [-0.4, -0.2) is 16.8 Å². The number of amides is 1. The highest BCUT2D eigenvalue weighted by molar-refractivity contribution is 7.10. The summed E-state index contributed by atoms with van der Waals surface area (Å²) >= 11 is 0.913. The molecule has 0 saturated heterocycles. The maximum absolute atomic E-state index is 14.4. The predicted octanol–water partition coefficient (Wildman–Crippen LogP) is 4.68. The Hall–Kier alpha value is -3.14. The fraction of sp³-hybridized carbons (Fsp3) is 0.200. The smallest absolute Gasteiger partial charge is 0.406 e. The Morgan fingerprint density at radius 2 is 1.73 bits per heavy atom. The van der Waals surface area contributed by atoms with Crippen molar-refractivity contribution >= 4 is 28.7 Å². The summed E-state index contributed by atoms with van der Waals surface area (Å²) < 4.78 is 56.7. The molecule has 0 radical (unpaired) electrons. The minimum absolute atomic E-state index is 0.0886. The van der Waals surface area contributed by atoms with Crippen molar-refractivity contribution in [3.8, 4) is 5.75 Å². The van der Waals surface area contributed by atoms with Crippen LogP contribution in [0.1, 0.15) is 22.8 Å². The lowest BCUT2D eigenvalue weighted by molar-refractivity contribution is -0.274. The van der Waals surface area contributed by atoms with Gasteiger partial charge in [-0.05, 0) is 35.9 Å². The molecule has 156 valence electrons. The first-order valence-electron chi connectivity index (χ1n) is 8.78. The molecular weight excluding hydrogens is 424 g/mol. The molecule has 1 aromatic heterocycles. The first-order chi connectivity index (χ1) is 14.2. The number of benzene rings is 2. The highest BCUT2D eigenvalue weighted by Crippen LogP contribution is 2.45. The Kier molecular flexibility index (Phi) is 4.89. The van der Waals surface area contributed by atoms with E-state index in [1.54, 1.807) is 12.1 Å². The second-order valence-corrected chi connectivity index (χ2v) is 7.66. The van der Waals surface area contributed by atoms with Crippen LogP contribution in [-0.2, 0) is 11.8 Å². The largest absolute Gasteiger partial charge is 0.573 e. The Morgan fingerprint density at radius 3 is 2.37 bits per heavy atom. The molecule has 0 fully saturated rings. The number of aromatic nitrogens is 1. The first kappa shape index (κ1) is 20.1. The van der Waals surface area contributed by atoms with E-state index in [1.165, 1.54) is 40.8 Å². The predicted molar refractivity (Wildman–Crippen MR) is 103 cm³/mol. The Morgan fingerprint density at radius 1 is 1.07 bits per heavy atom. The molecular formula is C20H14F4N2O3S. The van der Waals surface area contributed by atoms with Crippen LogP contribution in [0.4, 0.5) is 29.1 Å². The fourth-order valence-electron chi connectivity index (χ4n) is 3.50. The van der Waals surface area contributed by atoms with Crippen molar-refractivity contribution in [2.75, 3.05) is 4.90 Å². The van der Waals surface area contributed by atoms with Crippen LogP contribution in [0.3, 0.4) is 0 Å². The second-order valence-electron chi connectivity index (χ2n) is 6.66. The van der Waals surface area contributed by atoms with Crippen molar-refractivity contribution in [2.45, 2.75) is 18.7 Å². The SMILES string of the molecule is Cn1c2c(sc1=O)C(c1ccccc1F)CC(=O)N2c1ccc(OC(F)(F)F)cc1. The second kappa shape index (κ2) is 7.28. The van der Waals surface area contributed by atoms with E-state index in [0.717, 1.165) is 23.5 Å². The van der Waals surface area contributed by atoms with E-state index in [1.807, 2.05) is 0 Å². The third-order valence-corrected chi connectivity index (χ3v) is 5.91. The molecule has 30 heavy (non-hydrogen) atoms. The van der Waals surface area contributed by atoms with Crippen LogP contribution in [0.5, 0.6) is 5.75 Å². The van der Waals surface area contributed by atoms with E-state index in [9.17, 15) is 27.2 Å². The van der Waals surface area contributed by atoms with Gasteiger partial charge in [-0.25, -0.2) is 4.39 Å². The van der Waals surface area contributed by atoms with Gasteiger partial charge in [0.15, 0.2) is 0 Å². The zero-order valence-corrected chi connectivity index (χ0v) is 16.3. The molecule has 2 heterocycles. The quantitative estimate of drug-likeness (QED) is 0.558. The summed E-state index contributed by atoms with van der Waals surface area (Å²) in [6, 6.07) is 10.8. The summed E-state index contributed by atoms with van der Waals surface area (Å²) in [6.07, 6.45) is -4.92. The van der Waals surface area contributed by atoms with Gasteiger partial charge in [-0.2, -0.15) is 0 Å². The number of alkyl halides is 3. The lowest BCUT2D eigenvalue weighted by atomic mass is 9.90. The normalized spacial score (nSPS) is 16.5. The van der Waals surface area contributed by atoms with Crippen LogP contribution in [0.2, 0.25) is 0 Å².